The fourth-order valence-corrected chi connectivity index (χ4v) is 6.08. The van der Waals surface area contributed by atoms with Crippen molar-refractivity contribution in [2.24, 2.45) is 0 Å². The maximum Gasteiger partial charge on any atom is 0.228 e. The molecule has 4 rings (SSSR count). The van der Waals surface area contributed by atoms with Gasteiger partial charge in [0.05, 0.1) is 23.5 Å². The minimum Gasteiger partial charge on any atom is -0.467 e. The molecule has 1 aromatic carbocycles. The molecule has 1 fully saturated rings. The number of sulfone groups is 1. The predicted molar refractivity (Wildman–Crippen MR) is 116 cm³/mol. The van der Waals surface area contributed by atoms with Crippen molar-refractivity contribution < 1.29 is 12.8 Å². The molecule has 0 amide bonds. The maximum atomic E-state index is 12.6. The lowest BCUT2D eigenvalue weighted by atomic mass is 10.4. The molecular formula is C19H21BrN4O3S2. The Morgan fingerprint density at radius 2 is 1.86 bits per heavy atom. The fourth-order valence-electron chi connectivity index (χ4n) is 3.24. The summed E-state index contributed by atoms with van der Waals surface area (Å²) in [6.45, 7) is 2.44. The lowest BCUT2D eigenvalue weighted by Gasteiger charge is -2.17. The third-order valence-corrected chi connectivity index (χ3v) is 8.22. The Hall–Kier alpha value is -1.78. The van der Waals surface area contributed by atoms with Gasteiger partial charge in [-0.2, -0.15) is 0 Å². The monoisotopic (exact) mass is 496 g/mol. The molecular weight excluding hydrogens is 476 g/mol. The summed E-state index contributed by atoms with van der Waals surface area (Å²) in [6.07, 6.45) is 3.93. The van der Waals surface area contributed by atoms with Crippen molar-refractivity contribution in [3.63, 3.8) is 0 Å². The van der Waals surface area contributed by atoms with Crippen molar-refractivity contribution in [3.8, 4) is 0 Å². The van der Waals surface area contributed by atoms with Crippen LogP contribution >= 0.6 is 27.7 Å². The highest BCUT2D eigenvalue weighted by Gasteiger charge is 2.23. The largest absolute Gasteiger partial charge is 0.467 e. The molecule has 2 aromatic heterocycles. The lowest BCUT2D eigenvalue weighted by molar-refractivity contribution is 0.483. The van der Waals surface area contributed by atoms with E-state index in [9.17, 15) is 8.42 Å². The Labute approximate surface area is 182 Å². The van der Waals surface area contributed by atoms with Crippen LogP contribution < -0.4 is 4.90 Å². The van der Waals surface area contributed by atoms with Crippen LogP contribution in [0.1, 0.15) is 18.6 Å². The van der Waals surface area contributed by atoms with Crippen molar-refractivity contribution in [1.29, 1.82) is 0 Å². The van der Waals surface area contributed by atoms with Crippen LogP contribution in [0.2, 0.25) is 0 Å². The SMILES string of the molecule is O=S(=O)(CCSc1nnc(N2CCCC2)n1Cc1ccco1)c1ccc(Br)cc1. The summed E-state index contributed by atoms with van der Waals surface area (Å²) in [6, 6.07) is 10.5. The van der Waals surface area contributed by atoms with Gasteiger partial charge >= 0.3 is 0 Å². The zero-order valence-electron chi connectivity index (χ0n) is 15.7. The lowest BCUT2D eigenvalue weighted by Crippen LogP contribution is -2.22. The van der Waals surface area contributed by atoms with E-state index in [2.05, 4.69) is 31.0 Å². The number of benzene rings is 1. The third kappa shape index (κ3) is 4.87. The molecule has 3 aromatic rings. The van der Waals surface area contributed by atoms with Crippen LogP contribution in [0, 0.1) is 0 Å². The minimum absolute atomic E-state index is 0.0337. The van der Waals surface area contributed by atoms with Gasteiger partial charge in [0.1, 0.15) is 5.76 Å². The Bertz CT molecular complexity index is 1040. The number of hydrogen-bond acceptors (Lipinski definition) is 7. The molecule has 7 nitrogen and oxygen atoms in total. The molecule has 3 heterocycles. The van der Waals surface area contributed by atoms with Crippen molar-refractivity contribution in [1.82, 2.24) is 14.8 Å². The Morgan fingerprint density at radius 1 is 1.10 bits per heavy atom. The highest BCUT2D eigenvalue weighted by molar-refractivity contribution is 9.10. The first-order valence-electron chi connectivity index (χ1n) is 9.34. The van der Waals surface area contributed by atoms with E-state index in [0.717, 1.165) is 42.1 Å². The van der Waals surface area contributed by atoms with Gasteiger partial charge in [0.2, 0.25) is 5.95 Å². The minimum atomic E-state index is -3.35. The van der Waals surface area contributed by atoms with Gasteiger partial charge in [-0.05, 0) is 49.2 Å². The van der Waals surface area contributed by atoms with Gasteiger partial charge in [-0.15, -0.1) is 10.2 Å². The van der Waals surface area contributed by atoms with Crippen molar-refractivity contribution in [2.45, 2.75) is 29.4 Å². The van der Waals surface area contributed by atoms with Crippen LogP contribution in [-0.4, -0.2) is 47.8 Å². The number of halogens is 1. The molecule has 29 heavy (non-hydrogen) atoms. The van der Waals surface area contributed by atoms with Crippen LogP contribution in [0.3, 0.4) is 0 Å². The first-order valence-corrected chi connectivity index (χ1v) is 12.8. The van der Waals surface area contributed by atoms with E-state index in [4.69, 9.17) is 4.42 Å². The summed E-state index contributed by atoms with van der Waals surface area (Å²) in [5, 5.41) is 9.42. The molecule has 0 bridgehead atoms. The van der Waals surface area contributed by atoms with Gasteiger partial charge in [0, 0.05) is 23.3 Å². The average molecular weight is 497 g/mol. The summed E-state index contributed by atoms with van der Waals surface area (Å²) in [7, 11) is -3.35. The quantitative estimate of drug-likeness (QED) is 0.438. The Balaban J connectivity index is 1.48. The molecule has 0 spiro atoms. The fraction of sp³-hybridized carbons (Fsp3) is 0.368. The van der Waals surface area contributed by atoms with Gasteiger partial charge in [0.15, 0.2) is 15.0 Å². The van der Waals surface area contributed by atoms with Gasteiger partial charge in [-0.25, -0.2) is 8.42 Å². The van der Waals surface area contributed by atoms with Crippen LogP contribution in [0.5, 0.6) is 0 Å². The topological polar surface area (TPSA) is 81.2 Å². The van der Waals surface area contributed by atoms with E-state index in [1.165, 1.54) is 11.8 Å². The van der Waals surface area contributed by atoms with E-state index >= 15 is 0 Å². The van der Waals surface area contributed by atoms with E-state index < -0.39 is 9.84 Å². The number of rotatable bonds is 8. The van der Waals surface area contributed by atoms with E-state index in [-0.39, 0.29) is 5.75 Å². The summed E-state index contributed by atoms with van der Waals surface area (Å²) >= 11 is 4.74. The predicted octanol–water partition coefficient (Wildman–Crippen LogP) is 3.85. The molecule has 0 saturated carbocycles. The molecule has 0 atom stereocenters. The number of aromatic nitrogens is 3. The molecule has 0 N–H and O–H groups in total. The number of anilines is 1. The van der Waals surface area contributed by atoms with Crippen molar-refractivity contribution >= 4 is 43.5 Å². The number of furan rings is 1. The number of hydrogen-bond donors (Lipinski definition) is 0. The van der Waals surface area contributed by atoms with Gasteiger partial charge < -0.3 is 9.32 Å². The van der Waals surface area contributed by atoms with Gasteiger partial charge in [0.25, 0.3) is 0 Å². The van der Waals surface area contributed by atoms with Gasteiger partial charge in [-0.3, -0.25) is 4.57 Å². The average Bonchev–Trinajstić information content (AvgIpc) is 3.45. The molecule has 1 saturated heterocycles. The molecule has 154 valence electrons. The van der Waals surface area contributed by atoms with Crippen LogP contribution in [0.15, 0.2) is 61.6 Å². The second kappa shape index (κ2) is 8.93. The second-order valence-corrected chi connectivity index (χ2v) is 10.9. The van der Waals surface area contributed by atoms with Crippen LogP contribution in [0.4, 0.5) is 5.95 Å². The number of nitrogens with zero attached hydrogens (tertiary/aromatic N) is 4. The molecule has 10 heteroatoms. The zero-order chi connectivity index (χ0) is 20.3. The summed E-state index contributed by atoms with van der Waals surface area (Å²) < 4.78 is 33.6. The summed E-state index contributed by atoms with van der Waals surface area (Å²) in [4.78, 5) is 2.55. The summed E-state index contributed by atoms with van der Waals surface area (Å²) in [5.74, 6) is 2.06. The zero-order valence-corrected chi connectivity index (χ0v) is 18.9. The van der Waals surface area contributed by atoms with Crippen LogP contribution in [0.25, 0.3) is 0 Å². The maximum absolute atomic E-state index is 12.6. The molecule has 0 unspecified atom stereocenters. The normalized spacial score (nSPS) is 14.6. The van der Waals surface area contributed by atoms with Crippen LogP contribution in [-0.2, 0) is 16.4 Å². The Morgan fingerprint density at radius 3 is 2.55 bits per heavy atom. The highest BCUT2D eigenvalue weighted by atomic mass is 79.9. The number of thioether (sulfide) groups is 1. The molecule has 1 aliphatic heterocycles. The first-order chi connectivity index (χ1) is 14.0. The highest BCUT2D eigenvalue weighted by Crippen LogP contribution is 2.26. The molecule has 0 radical (unpaired) electrons. The summed E-state index contributed by atoms with van der Waals surface area (Å²) in [5.41, 5.74) is 0. The van der Waals surface area contributed by atoms with Crippen molar-refractivity contribution in [2.75, 3.05) is 29.5 Å². The molecule has 1 aliphatic rings. The molecule has 0 aliphatic carbocycles. The second-order valence-electron chi connectivity index (χ2n) is 6.76. The first kappa shape index (κ1) is 20.5. The van der Waals surface area contributed by atoms with Gasteiger partial charge in [-0.1, -0.05) is 27.7 Å². The Kier molecular flexibility index (Phi) is 6.31. The standard InChI is InChI=1S/C19H21BrN4O3S2/c20-15-5-7-17(8-6-15)29(25,26)13-12-28-19-22-21-18(23-9-1-2-10-23)24(19)14-16-4-3-11-27-16/h3-8,11H,1-2,9-10,12-14H2. The third-order valence-electron chi connectivity index (χ3n) is 4.74. The van der Waals surface area contributed by atoms with E-state index in [0.29, 0.717) is 22.3 Å². The smallest absolute Gasteiger partial charge is 0.228 e. The van der Waals surface area contributed by atoms with E-state index in [1.807, 2.05) is 16.7 Å². The van der Waals surface area contributed by atoms with Crippen molar-refractivity contribution in [3.05, 3.63) is 52.9 Å². The van der Waals surface area contributed by atoms with E-state index in [1.54, 1.807) is 30.5 Å².